The Morgan fingerprint density at radius 2 is 1.86 bits per heavy atom. The van der Waals surface area contributed by atoms with Crippen LogP contribution in [0.4, 0.5) is 16.2 Å². The van der Waals surface area contributed by atoms with Crippen molar-refractivity contribution >= 4 is 23.4 Å². The maximum atomic E-state index is 11.8. The van der Waals surface area contributed by atoms with Crippen LogP contribution in [0.5, 0.6) is 5.75 Å². The lowest BCUT2D eigenvalue weighted by Gasteiger charge is -2.09. The molecular weight excluding hydrogens is 368 g/mol. The lowest BCUT2D eigenvalue weighted by atomic mass is 10.1. The lowest BCUT2D eigenvalue weighted by Crippen LogP contribution is -2.15. The summed E-state index contributed by atoms with van der Waals surface area (Å²) < 4.78 is 10.6. The van der Waals surface area contributed by atoms with Crippen molar-refractivity contribution in [2.45, 2.75) is 19.3 Å². The third kappa shape index (κ3) is 7.32. The molecule has 0 fully saturated rings. The van der Waals surface area contributed by atoms with Gasteiger partial charge in [0.2, 0.25) is 0 Å². The average Bonchev–Trinajstić information content (AvgIpc) is 2.66. The Kier molecular flexibility index (Phi) is 7.77. The number of hydrogen-bond donors (Lipinski definition) is 2. The van der Waals surface area contributed by atoms with E-state index in [2.05, 4.69) is 5.32 Å². The Labute approximate surface area is 161 Å². The lowest BCUT2D eigenvalue weighted by molar-refractivity contribution is -0.384. The molecule has 0 radical (unpaired) electrons. The first-order chi connectivity index (χ1) is 13.4. The van der Waals surface area contributed by atoms with Gasteiger partial charge in [-0.25, -0.2) is 4.79 Å². The fraction of sp³-hybridized carbons (Fsp3) is 0.263. The van der Waals surface area contributed by atoms with Crippen LogP contribution in [0.3, 0.4) is 0 Å². The van der Waals surface area contributed by atoms with Crippen LogP contribution >= 0.6 is 0 Å². The van der Waals surface area contributed by atoms with E-state index < -0.39 is 17.0 Å². The summed E-state index contributed by atoms with van der Waals surface area (Å²) in [7, 11) is 0. The van der Waals surface area contributed by atoms with Gasteiger partial charge in [0, 0.05) is 30.7 Å². The SMILES string of the molecule is O=C(O)CCCOc1cccc(CCOC(=O)Nc2ccc([N+](=O)[O-])cc2)c1. The predicted octanol–water partition coefficient (Wildman–Crippen LogP) is 3.63. The van der Waals surface area contributed by atoms with Crippen molar-refractivity contribution in [3.63, 3.8) is 0 Å². The van der Waals surface area contributed by atoms with E-state index in [0.29, 0.717) is 30.9 Å². The topological polar surface area (TPSA) is 128 Å². The Morgan fingerprint density at radius 3 is 2.54 bits per heavy atom. The number of nitrogens with one attached hydrogen (secondary N) is 1. The zero-order valence-electron chi connectivity index (χ0n) is 15.0. The number of ether oxygens (including phenoxy) is 2. The van der Waals surface area contributed by atoms with Gasteiger partial charge in [-0.1, -0.05) is 12.1 Å². The molecule has 2 aromatic rings. The molecular formula is C19H20N2O7. The molecule has 0 unspecified atom stereocenters. The van der Waals surface area contributed by atoms with Crippen LogP contribution in [0.25, 0.3) is 0 Å². The van der Waals surface area contributed by atoms with Gasteiger partial charge in [-0.2, -0.15) is 0 Å². The summed E-state index contributed by atoms with van der Waals surface area (Å²) in [6.07, 6.45) is 0.290. The number of carboxylic acid groups (broad SMARTS) is 1. The number of carbonyl (C=O) groups is 2. The summed E-state index contributed by atoms with van der Waals surface area (Å²) in [5, 5.41) is 21.7. The van der Waals surface area contributed by atoms with Crippen molar-refractivity contribution in [2.24, 2.45) is 0 Å². The van der Waals surface area contributed by atoms with Crippen LogP contribution in [-0.2, 0) is 16.0 Å². The monoisotopic (exact) mass is 388 g/mol. The van der Waals surface area contributed by atoms with Crippen LogP contribution in [0.15, 0.2) is 48.5 Å². The number of carboxylic acids is 1. The molecule has 2 aromatic carbocycles. The number of amides is 1. The normalized spacial score (nSPS) is 10.1. The Balaban J connectivity index is 1.73. The molecule has 0 heterocycles. The minimum Gasteiger partial charge on any atom is -0.494 e. The number of non-ortho nitro benzene ring substituents is 1. The number of hydrogen-bond acceptors (Lipinski definition) is 6. The van der Waals surface area contributed by atoms with E-state index in [-0.39, 0.29) is 18.7 Å². The van der Waals surface area contributed by atoms with Gasteiger partial charge in [-0.3, -0.25) is 20.2 Å². The molecule has 0 aromatic heterocycles. The van der Waals surface area contributed by atoms with Gasteiger partial charge < -0.3 is 14.6 Å². The smallest absolute Gasteiger partial charge is 0.411 e. The molecule has 1 amide bonds. The van der Waals surface area contributed by atoms with Gasteiger partial charge >= 0.3 is 12.1 Å². The highest BCUT2D eigenvalue weighted by Gasteiger charge is 2.07. The molecule has 0 saturated carbocycles. The maximum absolute atomic E-state index is 11.8. The van der Waals surface area contributed by atoms with Gasteiger partial charge in [0.15, 0.2) is 0 Å². The number of rotatable bonds is 10. The number of nitro benzene ring substituents is 1. The largest absolute Gasteiger partial charge is 0.494 e. The number of carbonyl (C=O) groups excluding carboxylic acids is 1. The van der Waals surface area contributed by atoms with E-state index in [1.807, 2.05) is 6.07 Å². The number of nitro groups is 1. The first-order valence-corrected chi connectivity index (χ1v) is 8.56. The molecule has 148 valence electrons. The molecule has 0 saturated heterocycles. The van der Waals surface area contributed by atoms with Crippen molar-refractivity contribution in [3.8, 4) is 5.75 Å². The fourth-order valence-corrected chi connectivity index (χ4v) is 2.29. The Morgan fingerprint density at radius 1 is 1.11 bits per heavy atom. The van der Waals surface area contributed by atoms with Crippen LogP contribution in [0, 0.1) is 10.1 Å². The summed E-state index contributed by atoms with van der Waals surface area (Å²) in [6.45, 7) is 0.450. The molecule has 2 N–H and O–H groups in total. The van der Waals surface area contributed by atoms with Crippen molar-refractivity contribution < 1.29 is 29.1 Å². The first kappa shape index (κ1) is 20.7. The number of anilines is 1. The fourth-order valence-electron chi connectivity index (χ4n) is 2.29. The van der Waals surface area contributed by atoms with E-state index in [4.69, 9.17) is 14.6 Å². The molecule has 0 aliphatic rings. The summed E-state index contributed by atoms with van der Waals surface area (Å²) in [6, 6.07) is 12.7. The van der Waals surface area contributed by atoms with Crippen molar-refractivity contribution in [1.29, 1.82) is 0 Å². The van der Waals surface area contributed by atoms with Crippen LogP contribution in [0.2, 0.25) is 0 Å². The van der Waals surface area contributed by atoms with E-state index in [0.717, 1.165) is 5.56 Å². The third-order valence-corrected chi connectivity index (χ3v) is 3.65. The van der Waals surface area contributed by atoms with Gasteiger partial charge in [-0.05, 0) is 36.2 Å². The summed E-state index contributed by atoms with van der Waals surface area (Å²) in [5.74, 6) is -0.236. The Bertz CT molecular complexity index is 821. The molecule has 0 aliphatic carbocycles. The zero-order valence-corrected chi connectivity index (χ0v) is 15.0. The Hall–Kier alpha value is -3.62. The highest BCUT2D eigenvalue weighted by Crippen LogP contribution is 2.16. The third-order valence-electron chi connectivity index (χ3n) is 3.65. The standard InChI is InChI=1S/C19H20N2O7/c22-18(23)5-2-11-27-17-4-1-3-14(13-17)10-12-28-19(24)20-15-6-8-16(9-7-15)21(25)26/h1,3-4,6-9,13H,2,5,10-12H2,(H,20,24)(H,22,23). The summed E-state index contributed by atoms with van der Waals surface area (Å²) >= 11 is 0. The van der Waals surface area contributed by atoms with E-state index in [1.54, 1.807) is 18.2 Å². The van der Waals surface area contributed by atoms with Crippen LogP contribution in [0.1, 0.15) is 18.4 Å². The minimum atomic E-state index is -0.860. The van der Waals surface area contributed by atoms with Gasteiger partial charge in [-0.15, -0.1) is 0 Å². The van der Waals surface area contributed by atoms with E-state index in [1.165, 1.54) is 24.3 Å². The molecule has 0 spiro atoms. The van der Waals surface area contributed by atoms with Crippen molar-refractivity contribution in [1.82, 2.24) is 0 Å². The van der Waals surface area contributed by atoms with E-state index in [9.17, 15) is 19.7 Å². The number of nitrogens with zero attached hydrogens (tertiary/aromatic N) is 1. The van der Waals surface area contributed by atoms with Crippen molar-refractivity contribution in [3.05, 3.63) is 64.2 Å². The predicted molar refractivity (Wildman–Crippen MR) is 101 cm³/mol. The minimum absolute atomic E-state index is 0.0530. The average molecular weight is 388 g/mol. The van der Waals surface area contributed by atoms with Gasteiger partial charge in [0.05, 0.1) is 18.1 Å². The highest BCUT2D eigenvalue weighted by molar-refractivity contribution is 5.84. The molecule has 0 aliphatic heterocycles. The summed E-state index contributed by atoms with van der Waals surface area (Å²) in [4.78, 5) is 32.3. The highest BCUT2D eigenvalue weighted by atomic mass is 16.6. The zero-order chi connectivity index (χ0) is 20.4. The first-order valence-electron chi connectivity index (χ1n) is 8.56. The second-order valence-corrected chi connectivity index (χ2v) is 5.81. The second-order valence-electron chi connectivity index (χ2n) is 5.81. The van der Waals surface area contributed by atoms with Gasteiger partial charge in [0.25, 0.3) is 5.69 Å². The molecule has 9 nitrogen and oxygen atoms in total. The molecule has 9 heteroatoms. The maximum Gasteiger partial charge on any atom is 0.411 e. The molecule has 28 heavy (non-hydrogen) atoms. The van der Waals surface area contributed by atoms with Crippen molar-refractivity contribution in [2.75, 3.05) is 18.5 Å². The molecule has 0 atom stereocenters. The molecule has 2 rings (SSSR count). The summed E-state index contributed by atoms with van der Waals surface area (Å²) in [5.41, 5.74) is 1.23. The number of aliphatic carboxylic acids is 1. The quantitative estimate of drug-likeness (QED) is 0.361. The molecule has 0 bridgehead atoms. The second kappa shape index (κ2) is 10.5. The van der Waals surface area contributed by atoms with Gasteiger partial charge in [0.1, 0.15) is 5.75 Å². The number of benzene rings is 2. The van der Waals surface area contributed by atoms with Crippen LogP contribution < -0.4 is 10.1 Å². The van der Waals surface area contributed by atoms with Crippen LogP contribution in [-0.4, -0.2) is 35.3 Å². The van der Waals surface area contributed by atoms with E-state index >= 15 is 0 Å².